The maximum atomic E-state index is 11.6. The van der Waals surface area contributed by atoms with Crippen LogP contribution in [0.25, 0.3) is 11.3 Å². The molecule has 1 unspecified atom stereocenters. The number of carbonyl (C=O) groups excluding carboxylic acids is 1. The molecule has 0 spiro atoms. The predicted octanol–water partition coefficient (Wildman–Crippen LogP) is 3.74. The van der Waals surface area contributed by atoms with Gasteiger partial charge in [-0.2, -0.15) is 0 Å². The minimum atomic E-state index is -0.225. The molecule has 0 radical (unpaired) electrons. The molecule has 0 amide bonds. The molecule has 0 saturated carbocycles. The van der Waals surface area contributed by atoms with Crippen molar-refractivity contribution in [3.05, 3.63) is 41.1 Å². The van der Waals surface area contributed by atoms with Gasteiger partial charge in [0.1, 0.15) is 11.5 Å². The number of halogens is 1. The van der Waals surface area contributed by atoms with Crippen molar-refractivity contribution in [1.29, 1.82) is 0 Å². The van der Waals surface area contributed by atoms with Gasteiger partial charge in [0.2, 0.25) is 0 Å². The van der Waals surface area contributed by atoms with Crippen molar-refractivity contribution in [2.24, 2.45) is 5.92 Å². The fraction of sp³-hybridized carbons (Fsp3) is 0.333. The fourth-order valence-corrected chi connectivity index (χ4v) is 2.10. The maximum absolute atomic E-state index is 11.6. The lowest BCUT2D eigenvalue weighted by Gasteiger charge is -2.09. The smallest absolute Gasteiger partial charge is 0.309 e. The van der Waals surface area contributed by atoms with E-state index < -0.39 is 0 Å². The molecule has 5 heteroatoms. The lowest BCUT2D eigenvalue weighted by molar-refractivity contribution is -0.145. The molecule has 106 valence electrons. The number of benzene rings is 1. The molecule has 1 heterocycles. The average molecular weight is 294 g/mol. The summed E-state index contributed by atoms with van der Waals surface area (Å²) in [6.45, 7) is 1.94. The van der Waals surface area contributed by atoms with Gasteiger partial charge in [-0.3, -0.25) is 4.79 Å². The number of carbonyl (C=O) groups is 1. The minimum absolute atomic E-state index is 0.203. The van der Waals surface area contributed by atoms with E-state index in [1.54, 1.807) is 12.1 Å². The largest absolute Gasteiger partial charge is 0.469 e. The molecular formula is C15H16ClNO3. The molecule has 4 nitrogen and oxygen atoms in total. The van der Waals surface area contributed by atoms with Crippen LogP contribution in [0.1, 0.15) is 19.1 Å². The van der Waals surface area contributed by atoms with Gasteiger partial charge in [-0.15, -0.1) is 0 Å². The number of ether oxygens (including phenoxy) is 1. The Balaban J connectivity index is 2.12. The molecule has 1 atom stereocenters. The third-order valence-electron chi connectivity index (χ3n) is 3.17. The number of hydrogen-bond donors (Lipinski definition) is 0. The van der Waals surface area contributed by atoms with Gasteiger partial charge >= 0.3 is 5.97 Å². The molecule has 0 saturated heterocycles. The first-order valence-corrected chi connectivity index (χ1v) is 6.81. The highest BCUT2D eigenvalue weighted by Gasteiger charge is 2.20. The van der Waals surface area contributed by atoms with Crippen LogP contribution in [0, 0.1) is 5.92 Å². The van der Waals surface area contributed by atoms with Crippen LogP contribution in [0.2, 0.25) is 5.02 Å². The Hall–Kier alpha value is -1.81. The third-order valence-corrected chi connectivity index (χ3v) is 3.43. The summed E-state index contributed by atoms with van der Waals surface area (Å²) in [6.07, 6.45) is 1.19. The number of nitrogens with zero attached hydrogens (tertiary/aromatic N) is 1. The summed E-state index contributed by atoms with van der Waals surface area (Å²) in [5.41, 5.74) is 1.66. The molecule has 1 aromatic heterocycles. The van der Waals surface area contributed by atoms with E-state index >= 15 is 0 Å². The summed E-state index contributed by atoms with van der Waals surface area (Å²) in [4.78, 5) is 11.6. The fourth-order valence-electron chi connectivity index (χ4n) is 1.97. The quantitative estimate of drug-likeness (QED) is 0.788. The van der Waals surface area contributed by atoms with Crippen molar-refractivity contribution in [2.45, 2.75) is 19.8 Å². The summed E-state index contributed by atoms with van der Waals surface area (Å²) in [7, 11) is 1.39. The number of esters is 1. The van der Waals surface area contributed by atoms with Crippen molar-refractivity contribution in [3.8, 4) is 11.3 Å². The molecule has 0 N–H and O–H groups in total. The summed E-state index contributed by atoms with van der Waals surface area (Å²) in [5, 5.41) is 4.69. The Morgan fingerprint density at radius 3 is 2.70 bits per heavy atom. The van der Waals surface area contributed by atoms with Gasteiger partial charge in [-0.05, 0) is 18.6 Å². The molecule has 20 heavy (non-hydrogen) atoms. The summed E-state index contributed by atoms with van der Waals surface area (Å²) < 4.78 is 10.0. The van der Waals surface area contributed by atoms with Crippen LogP contribution >= 0.6 is 11.6 Å². The van der Waals surface area contributed by atoms with Crippen LogP contribution < -0.4 is 0 Å². The third kappa shape index (κ3) is 3.39. The highest BCUT2D eigenvalue weighted by atomic mass is 35.5. The van der Waals surface area contributed by atoms with Gasteiger partial charge < -0.3 is 9.26 Å². The van der Waals surface area contributed by atoms with Crippen LogP contribution in [0.15, 0.2) is 34.9 Å². The molecular weight excluding hydrogens is 278 g/mol. The summed E-state index contributed by atoms with van der Waals surface area (Å²) >= 11 is 5.85. The molecule has 0 fully saturated rings. The Kier molecular flexibility index (Phi) is 4.79. The first-order valence-electron chi connectivity index (χ1n) is 6.43. The minimum Gasteiger partial charge on any atom is -0.469 e. The zero-order valence-electron chi connectivity index (χ0n) is 11.4. The topological polar surface area (TPSA) is 52.3 Å². The van der Waals surface area contributed by atoms with Crippen molar-refractivity contribution < 1.29 is 14.1 Å². The monoisotopic (exact) mass is 293 g/mol. The first kappa shape index (κ1) is 14.6. The van der Waals surface area contributed by atoms with Crippen LogP contribution in [-0.2, 0) is 16.0 Å². The first-order chi connectivity index (χ1) is 9.63. The molecule has 2 aromatic rings. The van der Waals surface area contributed by atoms with Crippen LogP contribution in [0.5, 0.6) is 0 Å². The van der Waals surface area contributed by atoms with Gasteiger partial charge in [0.15, 0.2) is 0 Å². The maximum Gasteiger partial charge on any atom is 0.309 e. The van der Waals surface area contributed by atoms with E-state index in [9.17, 15) is 4.79 Å². The Labute approximate surface area is 122 Å². The van der Waals surface area contributed by atoms with E-state index in [4.69, 9.17) is 20.9 Å². The van der Waals surface area contributed by atoms with E-state index in [1.807, 2.05) is 25.1 Å². The highest BCUT2D eigenvalue weighted by Crippen LogP contribution is 2.23. The standard InChI is InChI=1S/C15H16ClNO3/c1-3-10(15(18)19-2)8-13-9-14(17-20-13)11-4-6-12(16)7-5-11/h4-7,9-10H,3,8H2,1-2H3. The number of methoxy groups -OCH3 is 1. The number of aromatic nitrogens is 1. The second-order valence-electron chi connectivity index (χ2n) is 4.52. The van der Waals surface area contributed by atoms with Crippen molar-refractivity contribution in [3.63, 3.8) is 0 Å². The van der Waals surface area contributed by atoms with E-state index in [0.29, 0.717) is 23.6 Å². The second-order valence-corrected chi connectivity index (χ2v) is 4.95. The lowest BCUT2D eigenvalue weighted by Crippen LogP contribution is -2.17. The normalized spacial score (nSPS) is 12.2. The van der Waals surface area contributed by atoms with E-state index in [1.165, 1.54) is 7.11 Å². The van der Waals surface area contributed by atoms with E-state index in [0.717, 1.165) is 11.3 Å². The summed E-state index contributed by atoms with van der Waals surface area (Å²) in [5.74, 6) is 0.246. The number of rotatable bonds is 5. The summed E-state index contributed by atoms with van der Waals surface area (Å²) in [6, 6.07) is 9.20. The van der Waals surface area contributed by atoms with E-state index in [-0.39, 0.29) is 11.9 Å². The molecule has 1 aromatic carbocycles. The molecule has 0 aliphatic carbocycles. The van der Waals surface area contributed by atoms with Crippen molar-refractivity contribution in [1.82, 2.24) is 5.16 Å². The zero-order valence-corrected chi connectivity index (χ0v) is 12.2. The van der Waals surface area contributed by atoms with Crippen molar-refractivity contribution in [2.75, 3.05) is 7.11 Å². The Morgan fingerprint density at radius 1 is 1.40 bits per heavy atom. The average Bonchev–Trinajstić information content (AvgIpc) is 2.93. The zero-order chi connectivity index (χ0) is 14.5. The van der Waals surface area contributed by atoms with Gasteiger partial charge in [0.05, 0.1) is 13.0 Å². The van der Waals surface area contributed by atoms with Crippen molar-refractivity contribution >= 4 is 17.6 Å². The van der Waals surface area contributed by atoms with Crippen LogP contribution in [0.4, 0.5) is 0 Å². The Bertz CT molecular complexity index is 577. The molecule has 0 bridgehead atoms. The SMILES string of the molecule is CCC(Cc1cc(-c2ccc(Cl)cc2)no1)C(=O)OC. The van der Waals surface area contributed by atoms with Gasteiger partial charge in [-0.25, -0.2) is 0 Å². The predicted molar refractivity (Wildman–Crippen MR) is 76.5 cm³/mol. The number of hydrogen-bond acceptors (Lipinski definition) is 4. The Morgan fingerprint density at radius 2 is 2.10 bits per heavy atom. The lowest BCUT2D eigenvalue weighted by atomic mass is 10.0. The van der Waals surface area contributed by atoms with Crippen LogP contribution in [0.3, 0.4) is 0 Å². The molecule has 0 aliphatic heterocycles. The van der Waals surface area contributed by atoms with Gasteiger partial charge in [0.25, 0.3) is 0 Å². The van der Waals surface area contributed by atoms with Gasteiger partial charge in [-0.1, -0.05) is 35.8 Å². The van der Waals surface area contributed by atoms with E-state index in [2.05, 4.69) is 5.16 Å². The molecule has 0 aliphatic rings. The van der Waals surface area contributed by atoms with Crippen LogP contribution in [-0.4, -0.2) is 18.2 Å². The van der Waals surface area contributed by atoms with Gasteiger partial charge in [0, 0.05) is 23.1 Å². The molecule has 2 rings (SSSR count). The highest BCUT2D eigenvalue weighted by molar-refractivity contribution is 6.30. The second kappa shape index (κ2) is 6.57.